The van der Waals surface area contributed by atoms with E-state index in [9.17, 15) is 24.3 Å². The molecule has 2 aliphatic heterocycles. The Kier molecular flexibility index (Phi) is 5.93. The Hall–Kier alpha value is -4.60. The van der Waals surface area contributed by atoms with Crippen LogP contribution in [-0.4, -0.2) is 53.1 Å². The molecule has 0 bridgehead atoms. The standard InChI is InChI=1S/C26H24N4O6/c31-22-21(27-24(33)28-22)14-30-13-12-26(23(30)32,29-25(34)35)18-8-10-19(11-9-18)36-15-17-6-3-5-16-4-1-2-7-20(16)17/h1-11,21,29H,12-15H2,(H,34,35)(H2,27,28,31,33). The van der Waals surface area contributed by atoms with E-state index in [-0.39, 0.29) is 19.5 Å². The number of fused-ring (bicyclic) bond motifs is 1. The highest BCUT2D eigenvalue weighted by Gasteiger charge is 2.50. The third-order valence-electron chi connectivity index (χ3n) is 6.61. The van der Waals surface area contributed by atoms with E-state index in [1.54, 1.807) is 24.3 Å². The molecule has 0 spiro atoms. The van der Waals surface area contributed by atoms with E-state index in [1.165, 1.54) is 4.90 Å². The van der Waals surface area contributed by atoms with Crippen molar-refractivity contribution >= 4 is 34.7 Å². The smallest absolute Gasteiger partial charge is 0.405 e. The average molecular weight is 489 g/mol. The first-order chi connectivity index (χ1) is 17.4. The number of carboxylic acid groups (broad SMARTS) is 1. The van der Waals surface area contributed by atoms with Gasteiger partial charge in [0.2, 0.25) is 0 Å². The van der Waals surface area contributed by atoms with E-state index < -0.39 is 35.5 Å². The van der Waals surface area contributed by atoms with Crippen LogP contribution < -0.4 is 20.7 Å². The second-order valence-corrected chi connectivity index (χ2v) is 8.80. The minimum absolute atomic E-state index is 0.0499. The molecule has 2 fully saturated rings. The fourth-order valence-corrected chi connectivity index (χ4v) is 4.82. The van der Waals surface area contributed by atoms with Crippen molar-refractivity contribution in [2.24, 2.45) is 0 Å². The lowest BCUT2D eigenvalue weighted by Gasteiger charge is -2.29. The van der Waals surface area contributed by atoms with Crippen LogP contribution in [0, 0.1) is 0 Å². The van der Waals surface area contributed by atoms with Crippen molar-refractivity contribution in [1.29, 1.82) is 0 Å². The Bertz CT molecular complexity index is 1350. The van der Waals surface area contributed by atoms with Crippen LogP contribution in [-0.2, 0) is 21.7 Å². The lowest BCUT2D eigenvalue weighted by Crippen LogP contribution is -2.53. The third-order valence-corrected chi connectivity index (χ3v) is 6.61. The number of nitrogens with zero attached hydrogens (tertiary/aromatic N) is 1. The fraction of sp³-hybridized carbons (Fsp3) is 0.231. The van der Waals surface area contributed by atoms with Crippen molar-refractivity contribution in [3.8, 4) is 5.75 Å². The summed E-state index contributed by atoms with van der Waals surface area (Å²) in [6.07, 6.45) is -1.16. The van der Waals surface area contributed by atoms with Gasteiger partial charge in [-0.2, -0.15) is 0 Å². The number of ether oxygens (including phenoxy) is 1. The van der Waals surface area contributed by atoms with Crippen LogP contribution in [0.3, 0.4) is 0 Å². The third kappa shape index (κ3) is 4.28. The summed E-state index contributed by atoms with van der Waals surface area (Å²) in [6, 6.07) is 19.3. The molecule has 0 aliphatic carbocycles. The van der Waals surface area contributed by atoms with Crippen LogP contribution in [0.5, 0.6) is 5.75 Å². The van der Waals surface area contributed by atoms with Gasteiger partial charge in [-0.1, -0.05) is 54.6 Å². The number of carbonyl (C=O) groups is 4. The molecule has 5 amide bonds. The molecule has 184 valence electrons. The highest BCUT2D eigenvalue weighted by molar-refractivity contribution is 6.04. The van der Waals surface area contributed by atoms with Crippen LogP contribution >= 0.6 is 0 Å². The molecule has 2 saturated heterocycles. The first-order valence-corrected chi connectivity index (χ1v) is 11.5. The van der Waals surface area contributed by atoms with Crippen LogP contribution in [0.25, 0.3) is 10.8 Å². The maximum absolute atomic E-state index is 13.4. The predicted molar refractivity (Wildman–Crippen MR) is 129 cm³/mol. The molecule has 0 radical (unpaired) electrons. The van der Waals surface area contributed by atoms with E-state index in [0.717, 1.165) is 16.3 Å². The summed E-state index contributed by atoms with van der Waals surface area (Å²) in [5.74, 6) is -0.433. The highest BCUT2D eigenvalue weighted by Crippen LogP contribution is 2.35. The van der Waals surface area contributed by atoms with Crippen LogP contribution in [0.2, 0.25) is 0 Å². The molecular weight excluding hydrogens is 464 g/mol. The average Bonchev–Trinajstić information content (AvgIpc) is 3.35. The molecule has 10 heteroatoms. The zero-order valence-electron chi connectivity index (χ0n) is 19.2. The van der Waals surface area contributed by atoms with Gasteiger partial charge in [0.05, 0.1) is 6.54 Å². The molecule has 3 aromatic rings. The Labute approximate surface area is 206 Å². The molecule has 36 heavy (non-hydrogen) atoms. The summed E-state index contributed by atoms with van der Waals surface area (Å²) in [5.41, 5.74) is -0.000293. The molecule has 2 heterocycles. The Morgan fingerprint density at radius 1 is 1.06 bits per heavy atom. The molecule has 2 unspecified atom stereocenters. The van der Waals surface area contributed by atoms with Gasteiger partial charge in [0.25, 0.3) is 11.8 Å². The van der Waals surface area contributed by atoms with E-state index >= 15 is 0 Å². The number of rotatable bonds is 7. The fourth-order valence-electron chi connectivity index (χ4n) is 4.82. The number of likely N-dealkylation sites (tertiary alicyclic amines) is 1. The topological polar surface area (TPSA) is 137 Å². The molecule has 2 aliphatic rings. The minimum Gasteiger partial charge on any atom is -0.489 e. The second kappa shape index (κ2) is 9.21. The Morgan fingerprint density at radius 2 is 1.81 bits per heavy atom. The van der Waals surface area contributed by atoms with Crippen molar-refractivity contribution in [1.82, 2.24) is 20.9 Å². The molecule has 5 rings (SSSR count). The summed E-state index contributed by atoms with van der Waals surface area (Å²) in [7, 11) is 0. The van der Waals surface area contributed by atoms with Gasteiger partial charge < -0.3 is 25.4 Å². The summed E-state index contributed by atoms with van der Waals surface area (Å²) >= 11 is 0. The second-order valence-electron chi connectivity index (χ2n) is 8.80. The molecular formula is C26H24N4O6. The van der Waals surface area contributed by atoms with E-state index in [2.05, 4.69) is 16.0 Å². The minimum atomic E-state index is -1.50. The molecule has 4 N–H and O–H groups in total. The zero-order valence-corrected chi connectivity index (χ0v) is 19.2. The number of hydrogen-bond acceptors (Lipinski definition) is 5. The summed E-state index contributed by atoms with van der Waals surface area (Å²) in [5, 5.41) is 18.7. The number of amides is 5. The quantitative estimate of drug-likeness (QED) is 0.377. The zero-order chi connectivity index (χ0) is 25.3. The summed E-state index contributed by atoms with van der Waals surface area (Å²) in [6.45, 7) is 0.519. The van der Waals surface area contributed by atoms with Crippen LogP contribution in [0.4, 0.5) is 9.59 Å². The maximum Gasteiger partial charge on any atom is 0.405 e. The Morgan fingerprint density at radius 3 is 2.53 bits per heavy atom. The normalized spacial score (nSPS) is 21.4. The molecule has 0 aromatic heterocycles. The van der Waals surface area contributed by atoms with Crippen molar-refractivity contribution in [3.63, 3.8) is 0 Å². The first kappa shape index (κ1) is 23.2. The molecule has 10 nitrogen and oxygen atoms in total. The van der Waals surface area contributed by atoms with Crippen LogP contribution in [0.1, 0.15) is 17.5 Å². The van der Waals surface area contributed by atoms with Crippen molar-refractivity contribution in [3.05, 3.63) is 77.9 Å². The number of hydrogen-bond donors (Lipinski definition) is 4. The van der Waals surface area contributed by atoms with Gasteiger partial charge in [-0.25, -0.2) is 9.59 Å². The van der Waals surface area contributed by atoms with E-state index in [0.29, 0.717) is 17.9 Å². The van der Waals surface area contributed by atoms with Gasteiger partial charge >= 0.3 is 12.1 Å². The van der Waals surface area contributed by atoms with Gasteiger partial charge in [0.1, 0.15) is 23.9 Å². The Balaban J connectivity index is 1.33. The number of nitrogens with one attached hydrogen (secondary N) is 3. The predicted octanol–water partition coefficient (Wildman–Crippen LogP) is 2.32. The van der Waals surface area contributed by atoms with Gasteiger partial charge in [-0.05, 0) is 34.0 Å². The first-order valence-electron chi connectivity index (χ1n) is 11.5. The summed E-state index contributed by atoms with van der Waals surface area (Å²) < 4.78 is 5.97. The van der Waals surface area contributed by atoms with Gasteiger partial charge in [0.15, 0.2) is 0 Å². The highest BCUT2D eigenvalue weighted by atomic mass is 16.5. The molecule has 0 saturated carbocycles. The molecule has 3 aromatic carbocycles. The number of imide groups is 1. The molecule has 2 atom stereocenters. The van der Waals surface area contributed by atoms with Gasteiger partial charge in [-0.3, -0.25) is 14.9 Å². The van der Waals surface area contributed by atoms with Crippen molar-refractivity contribution < 1.29 is 29.0 Å². The van der Waals surface area contributed by atoms with Crippen molar-refractivity contribution in [2.45, 2.75) is 24.6 Å². The van der Waals surface area contributed by atoms with E-state index in [1.807, 2.05) is 42.5 Å². The number of carbonyl (C=O) groups excluding carboxylic acids is 3. The van der Waals surface area contributed by atoms with Gasteiger partial charge in [-0.15, -0.1) is 0 Å². The van der Waals surface area contributed by atoms with E-state index in [4.69, 9.17) is 4.74 Å². The lowest BCUT2D eigenvalue weighted by molar-refractivity contribution is -0.134. The van der Waals surface area contributed by atoms with Crippen LogP contribution in [0.15, 0.2) is 66.7 Å². The monoisotopic (exact) mass is 488 g/mol. The lowest BCUT2D eigenvalue weighted by atomic mass is 9.88. The number of benzene rings is 3. The largest absolute Gasteiger partial charge is 0.489 e. The van der Waals surface area contributed by atoms with Gasteiger partial charge in [0, 0.05) is 13.0 Å². The van der Waals surface area contributed by atoms with Crippen molar-refractivity contribution in [2.75, 3.05) is 13.1 Å². The SMILES string of the molecule is O=C(O)NC1(c2ccc(OCc3cccc4ccccc34)cc2)CCN(CC2NC(=O)NC2=O)C1=O. The summed E-state index contributed by atoms with van der Waals surface area (Å²) in [4.78, 5) is 49.7. The number of urea groups is 1. The maximum atomic E-state index is 13.4.